The van der Waals surface area contributed by atoms with Crippen LogP contribution in [-0.4, -0.2) is 0 Å². The minimum absolute atomic E-state index is 0.0269. The summed E-state index contributed by atoms with van der Waals surface area (Å²) in [4.78, 5) is 0. The van der Waals surface area contributed by atoms with Crippen molar-refractivity contribution in [2.75, 3.05) is 0 Å². The van der Waals surface area contributed by atoms with Crippen LogP contribution in [0, 0.1) is 17.4 Å². The molecule has 1 aliphatic rings. The molecule has 1 aromatic carbocycles. The Kier molecular flexibility index (Phi) is 3.87. The molecule has 0 aromatic heterocycles. The summed E-state index contributed by atoms with van der Waals surface area (Å²) in [5.41, 5.74) is 5.41. The molecule has 0 saturated carbocycles. The first-order valence-electron chi connectivity index (χ1n) is 5.85. The van der Waals surface area contributed by atoms with Crippen LogP contribution in [0.5, 0.6) is 0 Å². The first-order chi connectivity index (χ1) is 8.06. The van der Waals surface area contributed by atoms with Crippen LogP contribution in [0.3, 0.4) is 0 Å². The van der Waals surface area contributed by atoms with Gasteiger partial charge in [0.2, 0.25) is 0 Å². The van der Waals surface area contributed by atoms with E-state index >= 15 is 0 Å². The van der Waals surface area contributed by atoms with E-state index in [1.54, 1.807) is 0 Å². The molecule has 0 nitrogen and oxygen atoms in total. The first kappa shape index (κ1) is 12.6. The number of halogens is 1. The molecule has 0 amide bonds. The van der Waals surface area contributed by atoms with E-state index in [0.717, 1.165) is 6.42 Å². The topological polar surface area (TPSA) is 0 Å². The molecule has 1 aromatic rings. The molecule has 0 heterocycles. The van der Waals surface area contributed by atoms with E-state index in [1.807, 2.05) is 0 Å². The van der Waals surface area contributed by atoms with Gasteiger partial charge in [0, 0.05) is 0 Å². The first-order valence-corrected chi connectivity index (χ1v) is 8.00. The third-order valence-electron chi connectivity index (χ3n) is 3.14. The van der Waals surface area contributed by atoms with Crippen molar-refractivity contribution in [2.45, 2.75) is 27.2 Å². The molecule has 0 unspecified atom stereocenters. The van der Waals surface area contributed by atoms with Crippen molar-refractivity contribution in [2.24, 2.45) is 0 Å². The van der Waals surface area contributed by atoms with Crippen molar-refractivity contribution in [1.82, 2.24) is 0 Å². The van der Waals surface area contributed by atoms with Gasteiger partial charge in [-0.3, -0.25) is 0 Å². The number of allylic oxidation sites excluding steroid dienone is 5. The van der Waals surface area contributed by atoms with Crippen molar-refractivity contribution in [1.29, 1.82) is 0 Å². The zero-order valence-electron chi connectivity index (χ0n) is 10.7. The summed E-state index contributed by atoms with van der Waals surface area (Å²) in [7, 11) is 0. The molecule has 0 radical (unpaired) electrons. The number of rotatable bonds is 2. The molecule has 1 aliphatic carbocycles. The van der Waals surface area contributed by atoms with E-state index in [2.05, 4.69) is 57.7 Å². The third kappa shape index (κ3) is 3.09. The summed E-state index contributed by atoms with van der Waals surface area (Å²) in [6, 6.07) is 6.86. The molecule has 17 heavy (non-hydrogen) atoms. The Morgan fingerprint density at radius 1 is 1.12 bits per heavy atom. The second-order valence-corrected chi connectivity index (χ2v) is 7.58. The normalized spacial score (nSPS) is 15.8. The van der Waals surface area contributed by atoms with Gasteiger partial charge in [-0.2, -0.15) is 0 Å². The monoisotopic (exact) mass is 337 g/mol. The van der Waals surface area contributed by atoms with Crippen LogP contribution in [0.4, 0.5) is 0 Å². The van der Waals surface area contributed by atoms with Gasteiger partial charge in [0.15, 0.2) is 0 Å². The Balaban J connectivity index is 2.17. The predicted octanol–water partition coefficient (Wildman–Crippen LogP) is 1.35. The maximum absolute atomic E-state index is 4.06. The van der Waals surface area contributed by atoms with Crippen LogP contribution >= 0.6 is 0 Å². The van der Waals surface area contributed by atoms with Gasteiger partial charge >= 0.3 is 115 Å². The molecule has 0 atom stereocenters. The van der Waals surface area contributed by atoms with Gasteiger partial charge in [0.1, 0.15) is 0 Å². The van der Waals surface area contributed by atoms with Crippen LogP contribution in [0.2, 0.25) is 0 Å². The summed E-state index contributed by atoms with van der Waals surface area (Å²) in [5.74, 6) is 0. The quantitative estimate of drug-likeness (QED) is 0.715. The molecule has 0 spiro atoms. The Hall–Kier alpha value is -0.830. The SMILES string of the molecule is C=C1CC=C([I-]c2ccc(C)c(C)c2)C=C1C. The predicted molar refractivity (Wildman–Crippen MR) is 70.2 cm³/mol. The van der Waals surface area contributed by atoms with Crippen molar-refractivity contribution in [3.63, 3.8) is 0 Å². The number of benzene rings is 1. The van der Waals surface area contributed by atoms with E-state index < -0.39 is 0 Å². The van der Waals surface area contributed by atoms with Gasteiger partial charge in [-0.15, -0.1) is 0 Å². The van der Waals surface area contributed by atoms with E-state index in [-0.39, 0.29) is 21.2 Å². The summed E-state index contributed by atoms with van der Waals surface area (Å²) in [6.07, 6.45) is 5.69. The average molecular weight is 337 g/mol. The average Bonchev–Trinajstić information content (AvgIpc) is 2.29. The summed E-state index contributed by atoms with van der Waals surface area (Å²) >= 11 is -0.0269. The standard InChI is InChI=1S/C16H18I/c1-11-5-7-15(9-13(11)3)17-16-8-6-12(2)14(4)10-16/h6-10H,1,5H2,2-4H3/q-1. The van der Waals surface area contributed by atoms with E-state index in [1.165, 1.54) is 29.4 Å². The summed E-state index contributed by atoms with van der Waals surface area (Å²) < 4.78 is 3.03. The van der Waals surface area contributed by atoms with Gasteiger partial charge in [-0.05, 0) is 0 Å². The van der Waals surface area contributed by atoms with Gasteiger partial charge in [0.25, 0.3) is 0 Å². The molecular formula is C16H18I-. The Bertz CT molecular complexity index is 518. The molecule has 90 valence electrons. The van der Waals surface area contributed by atoms with E-state index in [4.69, 9.17) is 0 Å². The fourth-order valence-corrected chi connectivity index (χ4v) is 4.47. The minimum atomic E-state index is -0.0269. The van der Waals surface area contributed by atoms with Crippen LogP contribution in [0.25, 0.3) is 0 Å². The second-order valence-electron chi connectivity index (χ2n) is 4.55. The molecule has 0 bridgehead atoms. The Morgan fingerprint density at radius 3 is 2.53 bits per heavy atom. The van der Waals surface area contributed by atoms with Crippen LogP contribution in [0.1, 0.15) is 24.5 Å². The Labute approximate surface area is 114 Å². The molecule has 1 heteroatoms. The van der Waals surface area contributed by atoms with Crippen molar-refractivity contribution in [3.8, 4) is 0 Å². The zero-order valence-corrected chi connectivity index (χ0v) is 12.8. The summed E-state index contributed by atoms with van der Waals surface area (Å²) in [6.45, 7) is 10.6. The number of hydrogen-bond acceptors (Lipinski definition) is 0. The second kappa shape index (κ2) is 5.21. The van der Waals surface area contributed by atoms with Crippen LogP contribution in [0.15, 0.2) is 51.7 Å². The van der Waals surface area contributed by atoms with Gasteiger partial charge in [-0.1, -0.05) is 0 Å². The number of hydrogen-bond donors (Lipinski definition) is 0. The van der Waals surface area contributed by atoms with E-state index in [9.17, 15) is 0 Å². The van der Waals surface area contributed by atoms with Crippen LogP contribution < -0.4 is 21.2 Å². The fraction of sp³-hybridized carbons (Fsp3) is 0.250. The van der Waals surface area contributed by atoms with Crippen molar-refractivity contribution < 1.29 is 21.2 Å². The van der Waals surface area contributed by atoms with Gasteiger partial charge in [0.05, 0.1) is 0 Å². The van der Waals surface area contributed by atoms with Crippen molar-refractivity contribution in [3.05, 3.63) is 66.4 Å². The fourth-order valence-electron chi connectivity index (χ4n) is 1.70. The summed E-state index contributed by atoms with van der Waals surface area (Å²) in [5, 5.41) is 0. The number of aryl methyl sites for hydroxylation is 2. The molecule has 2 rings (SSSR count). The molecule has 0 aliphatic heterocycles. The van der Waals surface area contributed by atoms with Gasteiger partial charge < -0.3 is 0 Å². The maximum atomic E-state index is 4.06. The molecule has 0 N–H and O–H groups in total. The molecule has 0 fully saturated rings. The third-order valence-corrected chi connectivity index (χ3v) is 5.81. The van der Waals surface area contributed by atoms with Crippen LogP contribution in [-0.2, 0) is 0 Å². The zero-order chi connectivity index (χ0) is 12.4. The molecular weight excluding hydrogens is 319 g/mol. The Morgan fingerprint density at radius 2 is 1.88 bits per heavy atom. The molecule has 0 saturated heterocycles. The van der Waals surface area contributed by atoms with E-state index in [0.29, 0.717) is 0 Å². The van der Waals surface area contributed by atoms with Crippen molar-refractivity contribution >= 4 is 0 Å². The van der Waals surface area contributed by atoms with Gasteiger partial charge in [-0.25, -0.2) is 0 Å².